The van der Waals surface area contributed by atoms with Gasteiger partial charge in [0.2, 0.25) is 0 Å². The topological polar surface area (TPSA) is 62.7 Å². The molecule has 0 saturated carbocycles. The first-order chi connectivity index (χ1) is 11.5. The first kappa shape index (κ1) is 18.1. The highest BCUT2D eigenvalue weighted by Crippen LogP contribution is 2.19. The summed E-state index contributed by atoms with van der Waals surface area (Å²) < 4.78 is 5.21. The Kier molecular flexibility index (Phi) is 6.47. The number of aliphatic imine (C=N–C) groups is 1. The van der Waals surface area contributed by atoms with Gasteiger partial charge in [0.1, 0.15) is 22.7 Å². The van der Waals surface area contributed by atoms with Gasteiger partial charge in [-0.05, 0) is 31.2 Å². The van der Waals surface area contributed by atoms with Crippen molar-refractivity contribution in [1.29, 1.82) is 5.26 Å². The van der Waals surface area contributed by atoms with Crippen LogP contribution in [0.3, 0.4) is 0 Å². The summed E-state index contributed by atoms with van der Waals surface area (Å²) in [6, 6.07) is 10.6. The van der Waals surface area contributed by atoms with Crippen LogP contribution in [0, 0.1) is 18.3 Å². The molecule has 0 aliphatic carbocycles. The summed E-state index contributed by atoms with van der Waals surface area (Å²) in [5, 5.41) is 12.1. The van der Waals surface area contributed by atoms with Crippen molar-refractivity contribution < 1.29 is 9.64 Å². The van der Waals surface area contributed by atoms with E-state index < -0.39 is 0 Å². The maximum absolute atomic E-state index is 9.34. The zero-order valence-corrected chi connectivity index (χ0v) is 15.3. The third kappa shape index (κ3) is 4.63. The van der Waals surface area contributed by atoms with Crippen LogP contribution in [0.25, 0.3) is 0 Å². The van der Waals surface area contributed by atoms with Crippen LogP contribution in [-0.2, 0) is 0 Å². The van der Waals surface area contributed by atoms with E-state index in [1.165, 1.54) is 21.8 Å². The third-order valence-corrected chi connectivity index (χ3v) is 4.85. The number of hydrogen-bond acceptors (Lipinski definition) is 5. The van der Waals surface area contributed by atoms with Gasteiger partial charge in [0.15, 0.2) is 0 Å². The fourth-order valence-corrected chi connectivity index (χ4v) is 3.20. The van der Waals surface area contributed by atoms with Crippen molar-refractivity contribution >= 4 is 17.6 Å². The van der Waals surface area contributed by atoms with Gasteiger partial charge in [-0.15, -0.1) is 11.3 Å². The summed E-state index contributed by atoms with van der Waals surface area (Å²) in [6.07, 6.45) is 1.72. The number of ether oxygens (including phenoxy) is 1. The van der Waals surface area contributed by atoms with Gasteiger partial charge in [0.25, 0.3) is 0 Å². The second-order valence-electron chi connectivity index (χ2n) is 5.85. The molecule has 5 nitrogen and oxygen atoms in total. The highest BCUT2D eigenvalue weighted by molar-refractivity contribution is 7.09. The molecule has 2 atom stereocenters. The van der Waals surface area contributed by atoms with Crippen molar-refractivity contribution in [3.8, 4) is 11.8 Å². The van der Waals surface area contributed by atoms with Gasteiger partial charge >= 0.3 is 0 Å². The summed E-state index contributed by atoms with van der Waals surface area (Å²) in [5.41, 5.74) is 2.14. The molecule has 2 aromatic rings. The number of benzene rings is 1. The lowest BCUT2D eigenvalue weighted by Gasteiger charge is -2.20. The Morgan fingerprint density at radius 2 is 2.08 bits per heavy atom. The second-order valence-corrected chi connectivity index (χ2v) is 6.74. The number of nitrogens with zero attached hydrogens (tertiary/aromatic N) is 3. The maximum Gasteiger partial charge on any atom is 0.133 e. The molecule has 0 spiro atoms. The van der Waals surface area contributed by atoms with E-state index >= 15 is 0 Å². The molecular formula is C18H23N4OS+. The molecule has 24 heavy (non-hydrogen) atoms. The fraction of sp³-hybridized carbons (Fsp3) is 0.389. The van der Waals surface area contributed by atoms with Crippen LogP contribution in [-0.4, -0.2) is 38.9 Å². The minimum atomic E-state index is -0.377. The molecule has 1 aromatic heterocycles. The van der Waals surface area contributed by atoms with Crippen molar-refractivity contribution in [3.63, 3.8) is 0 Å². The number of nitrogens with one attached hydrogen (secondary N) is 1. The lowest BCUT2D eigenvalue weighted by Crippen LogP contribution is -3.06. The summed E-state index contributed by atoms with van der Waals surface area (Å²) in [5.74, 6) is 0.468. The zero-order chi connectivity index (χ0) is 17.5. The SMILES string of the molecule is COc1ccc([C@@H](CN=C[C@@H](C#N)c2nc(C)cs2)[NH+](C)C)cc1. The Labute approximate surface area is 147 Å². The van der Waals surface area contributed by atoms with E-state index in [1.54, 1.807) is 13.3 Å². The molecule has 0 aliphatic rings. The standard InChI is InChI=1S/C18H22N4OS/c1-13-12-24-18(21-13)15(9-19)10-20-11-17(22(2)3)14-5-7-16(23-4)8-6-14/h5-8,10,12,15,17H,11H2,1-4H3/p+1/t15-,17-/m1/s1. The minimum absolute atomic E-state index is 0.226. The number of hydrogen-bond donors (Lipinski definition) is 1. The number of thiazole rings is 1. The van der Waals surface area contributed by atoms with Gasteiger partial charge in [0.05, 0.1) is 33.8 Å². The van der Waals surface area contributed by atoms with Crippen molar-refractivity contribution in [3.05, 3.63) is 45.9 Å². The molecule has 0 unspecified atom stereocenters. The highest BCUT2D eigenvalue weighted by Gasteiger charge is 2.18. The Morgan fingerprint density at radius 3 is 2.58 bits per heavy atom. The van der Waals surface area contributed by atoms with Crippen LogP contribution in [0.5, 0.6) is 5.75 Å². The van der Waals surface area contributed by atoms with Gasteiger partial charge in [-0.2, -0.15) is 5.26 Å². The van der Waals surface area contributed by atoms with Crippen molar-refractivity contribution in [2.45, 2.75) is 18.9 Å². The molecule has 2 rings (SSSR count). The Balaban J connectivity index is 2.08. The van der Waals surface area contributed by atoms with Crippen molar-refractivity contribution in [2.75, 3.05) is 27.7 Å². The van der Waals surface area contributed by atoms with Crippen LogP contribution in [0.15, 0.2) is 34.6 Å². The number of nitriles is 1. The van der Waals surface area contributed by atoms with E-state index in [0.717, 1.165) is 16.5 Å². The van der Waals surface area contributed by atoms with Crippen molar-refractivity contribution in [2.24, 2.45) is 4.99 Å². The lowest BCUT2D eigenvalue weighted by atomic mass is 10.1. The molecule has 126 valence electrons. The number of rotatable bonds is 7. The van der Waals surface area contributed by atoms with Crippen LogP contribution in [0.4, 0.5) is 0 Å². The van der Waals surface area contributed by atoms with E-state index in [1.807, 2.05) is 24.4 Å². The Hall–Kier alpha value is -2.23. The number of aryl methyl sites for hydroxylation is 1. The van der Waals surface area contributed by atoms with Gasteiger partial charge in [0, 0.05) is 22.9 Å². The first-order valence-corrected chi connectivity index (χ1v) is 8.68. The quantitative estimate of drug-likeness (QED) is 0.783. The van der Waals surface area contributed by atoms with E-state index in [0.29, 0.717) is 6.54 Å². The van der Waals surface area contributed by atoms with Gasteiger partial charge in [-0.3, -0.25) is 4.99 Å². The zero-order valence-electron chi connectivity index (χ0n) is 14.5. The summed E-state index contributed by atoms with van der Waals surface area (Å²) in [6.45, 7) is 2.55. The van der Waals surface area contributed by atoms with Gasteiger partial charge < -0.3 is 9.64 Å². The van der Waals surface area contributed by atoms with E-state index in [2.05, 4.69) is 42.3 Å². The number of methoxy groups -OCH3 is 1. The molecule has 1 aromatic carbocycles. The second kappa shape index (κ2) is 8.57. The van der Waals surface area contributed by atoms with Gasteiger partial charge in [-0.1, -0.05) is 0 Å². The molecular weight excluding hydrogens is 320 g/mol. The Morgan fingerprint density at radius 1 is 1.38 bits per heavy atom. The van der Waals surface area contributed by atoms with Crippen LogP contribution in [0.2, 0.25) is 0 Å². The average Bonchev–Trinajstić information content (AvgIpc) is 3.01. The molecule has 0 amide bonds. The van der Waals surface area contributed by atoms with E-state index in [4.69, 9.17) is 4.74 Å². The van der Waals surface area contributed by atoms with E-state index in [9.17, 15) is 5.26 Å². The minimum Gasteiger partial charge on any atom is -0.497 e. The third-order valence-electron chi connectivity index (χ3n) is 3.80. The predicted molar refractivity (Wildman–Crippen MR) is 97.1 cm³/mol. The lowest BCUT2D eigenvalue weighted by molar-refractivity contribution is -0.890. The van der Waals surface area contributed by atoms with E-state index in [-0.39, 0.29) is 12.0 Å². The molecule has 0 fully saturated rings. The largest absolute Gasteiger partial charge is 0.497 e. The number of quaternary nitrogens is 1. The fourth-order valence-electron chi connectivity index (χ4n) is 2.40. The Bertz CT molecular complexity index is 715. The predicted octanol–water partition coefficient (Wildman–Crippen LogP) is 2.02. The van der Waals surface area contributed by atoms with Gasteiger partial charge in [-0.25, -0.2) is 4.98 Å². The van der Waals surface area contributed by atoms with Crippen molar-refractivity contribution in [1.82, 2.24) is 4.98 Å². The van der Waals surface area contributed by atoms with Crippen LogP contribution >= 0.6 is 11.3 Å². The van der Waals surface area contributed by atoms with Crippen LogP contribution < -0.4 is 9.64 Å². The summed E-state index contributed by atoms with van der Waals surface area (Å²) in [4.78, 5) is 10.2. The normalized spacial score (nSPS) is 13.8. The molecule has 0 bridgehead atoms. The first-order valence-electron chi connectivity index (χ1n) is 7.80. The molecule has 6 heteroatoms. The summed E-state index contributed by atoms with van der Waals surface area (Å²) in [7, 11) is 5.88. The molecule has 0 radical (unpaired) electrons. The summed E-state index contributed by atoms with van der Waals surface area (Å²) >= 11 is 1.50. The molecule has 0 saturated heterocycles. The smallest absolute Gasteiger partial charge is 0.133 e. The van der Waals surface area contributed by atoms with Crippen LogP contribution in [0.1, 0.15) is 28.2 Å². The molecule has 0 aliphatic heterocycles. The monoisotopic (exact) mass is 343 g/mol. The highest BCUT2D eigenvalue weighted by atomic mass is 32.1. The average molecular weight is 343 g/mol. The number of aromatic nitrogens is 1. The molecule has 1 N–H and O–H groups in total. The maximum atomic E-state index is 9.34. The molecule has 1 heterocycles. The number of likely N-dealkylation sites (N-methyl/N-ethyl adjacent to an activating group) is 1.